The number of ether oxygens (including phenoxy) is 2. The SMILES string of the molecule is CCCCCOc1ccc(/C(O)=C2/C(=O)C(=O)N(Cc3ccc(OC)cc3)C2c2ccc(Cl)cc2)cc1. The van der Waals surface area contributed by atoms with E-state index in [9.17, 15) is 14.7 Å². The van der Waals surface area contributed by atoms with Crippen molar-refractivity contribution in [2.75, 3.05) is 13.7 Å². The fourth-order valence-corrected chi connectivity index (χ4v) is 4.49. The van der Waals surface area contributed by atoms with E-state index in [-0.39, 0.29) is 17.9 Å². The molecule has 1 N–H and O–H groups in total. The Morgan fingerprint density at radius 1 is 0.919 bits per heavy atom. The number of Topliss-reactive ketones (excluding diaryl/α,β-unsaturated/α-hetero) is 1. The molecule has 6 nitrogen and oxygen atoms in total. The number of amides is 1. The van der Waals surface area contributed by atoms with Crippen molar-refractivity contribution in [2.45, 2.75) is 38.8 Å². The zero-order chi connectivity index (χ0) is 26.4. The predicted octanol–water partition coefficient (Wildman–Crippen LogP) is 6.54. The molecule has 192 valence electrons. The van der Waals surface area contributed by atoms with Crippen LogP contribution in [0.25, 0.3) is 5.76 Å². The number of benzene rings is 3. The van der Waals surface area contributed by atoms with Crippen molar-refractivity contribution in [3.63, 3.8) is 0 Å². The van der Waals surface area contributed by atoms with Crippen LogP contribution in [0.2, 0.25) is 5.02 Å². The smallest absolute Gasteiger partial charge is 0.295 e. The average molecular weight is 520 g/mol. The molecular formula is C30H30ClNO5. The zero-order valence-corrected chi connectivity index (χ0v) is 21.7. The van der Waals surface area contributed by atoms with Gasteiger partial charge in [-0.2, -0.15) is 0 Å². The van der Waals surface area contributed by atoms with E-state index in [1.807, 2.05) is 12.1 Å². The van der Waals surface area contributed by atoms with Crippen LogP contribution in [0.1, 0.15) is 48.9 Å². The number of carbonyl (C=O) groups excluding carboxylic acids is 2. The van der Waals surface area contributed by atoms with Crippen LogP contribution in [0.4, 0.5) is 0 Å². The van der Waals surface area contributed by atoms with E-state index in [4.69, 9.17) is 21.1 Å². The van der Waals surface area contributed by atoms with Crippen molar-refractivity contribution in [1.82, 2.24) is 4.90 Å². The van der Waals surface area contributed by atoms with Crippen molar-refractivity contribution in [3.05, 3.63) is 100 Å². The summed E-state index contributed by atoms with van der Waals surface area (Å²) in [6.45, 7) is 2.94. The van der Waals surface area contributed by atoms with Gasteiger partial charge in [0.15, 0.2) is 0 Å². The highest BCUT2D eigenvalue weighted by Gasteiger charge is 2.46. The Bertz CT molecular complexity index is 1270. The molecule has 1 unspecified atom stereocenters. The maximum absolute atomic E-state index is 13.3. The van der Waals surface area contributed by atoms with Gasteiger partial charge in [0, 0.05) is 17.1 Å². The van der Waals surface area contributed by atoms with Crippen LogP contribution in [-0.4, -0.2) is 35.4 Å². The molecule has 0 spiro atoms. The average Bonchev–Trinajstić information content (AvgIpc) is 3.17. The third-order valence-corrected chi connectivity index (χ3v) is 6.63. The first-order valence-corrected chi connectivity index (χ1v) is 12.7. The van der Waals surface area contributed by atoms with Crippen LogP contribution in [0.15, 0.2) is 78.4 Å². The van der Waals surface area contributed by atoms with Gasteiger partial charge in [-0.1, -0.05) is 55.6 Å². The van der Waals surface area contributed by atoms with Crippen LogP contribution >= 0.6 is 11.6 Å². The van der Waals surface area contributed by atoms with E-state index in [2.05, 4.69) is 6.92 Å². The van der Waals surface area contributed by atoms with Gasteiger partial charge in [-0.25, -0.2) is 0 Å². The van der Waals surface area contributed by atoms with Gasteiger partial charge in [-0.15, -0.1) is 0 Å². The topological polar surface area (TPSA) is 76.1 Å². The Kier molecular flexibility index (Phi) is 8.51. The molecule has 0 saturated carbocycles. The van der Waals surface area contributed by atoms with Gasteiger partial charge in [0.1, 0.15) is 17.3 Å². The van der Waals surface area contributed by atoms with Gasteiger partial charge in [0.25, 0.3) is 11.7 Å². The summed E-state index contributed by atoms with van der Waals surface area (Å²) in [5.74, 6) is -0.258. The summed E-state index contributed by atoms with van der Waals surface area (Å²) < 4.78 is 11.0. The molecule has 0 aromatic heterocycles. The second-order valence-corrected chi connectivity index (χ2v) is 9.34. The molecule has 3 aromatic carbocycles. The number of hydrogen-bond donors (Lipinski definition) is 1. The Hall–Kier alpha value is -3.77. The third-order valence-electron chi connectivity index (χ3n) is 6.38. The lowest BCUT2D eigenvalue weighted by molar-refractivity contribution is -0.140. The first-order valence-electron chi connectivity index (χ1n) is 12.3. The summed E-state index contributed by atoms with van der Waals surface area (Å²) in [5.41, 5.74) is 1.97. The van der Waals surface area contributed by atoms with Gasteiger partial charge >= 0.3 is 0 Å². The van der Waals surface area contributed by atoms with E-state index in [1.54, 1.807) is 67.8 Å². The number of halogens is 1. The Balaban J connectivity index is 1.69. The number of nitrogens with zero attached hydrogens (tertiary/aromatic N) is 1. The molecule has 1 amide bonds. The van der Waals surface area contributed by atoms with Crippen LogP contribution < -0.4 is 9.47 Å². The number of methoxy groups -OCH3 is 1. The molecule has 4 rings (SSSR count). The highest BCUT2D eigenvalue weighted by atomic mass is 35.5. The van der Waals surface area contributed by atoms with Gasteiger partial charge in [0.2, 0.25) is 0 Å². The summed E-state index contributed by atoms with van der Waals surface area (Å²) in [6.07, 6.45) is 3.18. The number of rotatable bonds is 10. The number of carbonyl (C=O) groups is 2. The van der Waals surface area contributed by atoms with Crippen molar-refractivity contribution >= 4 is 29.1 Å². The monoisotopic (exact) mass is 519 g/mol. The second-order valence-electron chi connectivity index (χ2n) is 8.91. The van der Waals surface area contributed by atoms with Gasteiger partial charge in [0.05, 0.1) is 25.3 Å². The minimum Gasteiger partial charge on any atom is -0.507 e. The lowest BCUT2D eigenvalue weighted by Gasteiger charge is -2.25. The summed E-state index contributed by atoms with van der Waals surface area (Å²) in [7, 11) is 1.58. The Morgan fingerprint density at radius 2 is 1.57 bits per heavy atom. The van der Waals surface area contributed by atoms with Crippen LogP contribution in [0.5, 0.6) is 11.5 Å². The first kappa shape index (κ1) is 26.3. The maximum Gasteiger partial charge on any atom is 0.295 e. The third kappa shape index (κ3) is 5.97. The number of aliphatic hydroxyl groups is 1. The second kappa shape index (κ2) is 12.0. The highest BCUT2D eigenvalue weighted by Crippen LogP contribution is 2.40. The number of aliphatic hydroxyl groups excluding tert-OH is 1. The van der Waals surface area contributed by atoms with Crippen LogP contribution in [-0.2, 0) is 16.1 Å². The zero-order valence-electron chi connectivity index (χ0n) is 20.9. The molecule has 3 aromatic rings. The van der Waals surface area contributed by atoms with E-state index in [0.717, 1.165) is 24.8 Å². The van der Waals surface area contributed by atoms with Crippen molar-refractivity contribution in [2.24, 2.45) is 0 Å². The highest BCUT2D eigenvalue weighted by molar-refractivity contribution is 6.46. The number of unbranched alkanes of at least 4 members (excludes halogenated alkanes) is 2. The molecule has 0 bridgehead atoms. The van der Waals surface area contributed by atoms with E-state index < -0.39 is 17.7 Å². The molecule has 1 aliphatic rings. The van der Waals surface area contributed by atoms with Crippen molar-refractivity contribution < 1.29 is 24.2 Å². The normalized spacial score (nSPS) is 16.7. The summed E-state index contributed by atoms with van der Waals surface area (Å²) in [4.78, 5) is 28.0. The minimum atomic E-state index is -0.774. The predicted molar refractivity (Wildman–Crippen MR) is 144 cm³/mol. The quantitative estimate of drug-likeness (QED) is 0.142. The van der Waals surface area contributed by atoms with E-state index in [1.165, 1.54) is 4.90 Å². The summed E-state index contributed by atoms with van der Waals surface area (Å²) in [5, 5.41) is 11.8. The molecule has 7 heteroatoms. The molecule has 0 aliphatic carbocycles. The van der Waals surface area contributed by atoms with Crippen molar-refractivity contribution in [1.29, 1.82) is 0 Å². The molecule has 37 heavy (non-hydrogen) atoms. The fourth-order valence-electron chi connectivity index (χ4n) is 4.37. The molecule has 0 radical (unpaired) electrons. The van der Waals surface area contributed by atoms with E-state index >= 15 is 0 Å². The van der Waals surface area contributed by atoms with E-state index in [0.29, 0.717) is 34.3 Å². The fraction of sp³-hybridized carbons (Fsp3) is 0.267. The maximum atomic E-state index is 13.3. The largest absolute Gasteiger partial charge is 0.507 e. The van der Waals surface area contributed by atoms with Gasteiger partial charge in [-0.05, 0) is 66.1 Å². The number of hydrogen-bond acceptors (Lipinski definition) is 5. The molecule has 1 saturated heterocycles. The first-order chi connectivity index (χ1) is 17.9. The van der Waals surface area contributed by atoms with Crippen LogP contribution in [0.3, 0.4) is 0 Å². The molecule has 1 heterocycles. The summed E-state index contributed by atoms with van der Waals surface area (Å²) in [6, 6.07) is 20.4. The summed E-state index contributed by atoms with van der Waals surface area (Å²) >= 11 is 6.10. The molecule has 1 atom stereocenters. The van der Waals surface area contributed by atoms with Crippen LogP contribution in [0, 0.1) is 0 Å². The minimum absolute atomic E-state index is 0.0393. The van der Waals surface area contributed by atoms with Gasteiger partial charge < -0.3 is 19.5 Å². The van der Waals surface area contributed by atoms with Gasteiger partial charge in [-0.3, -0.25) is 9.59 Å². The van der Waals surface area contributed by atoms with Crippen molar-refractivity contribution in [3.8, 4) is 11.5 Å². The molecular weight excluding hydrogens is 490 g/mol. The lowest BCUT2D eigenvalue weighted by Crippen LogP contribution is -2.29. The molecule has 1 fully saturated rings. The Morgan fingerprint density at radius 3 is 2.19 bits per heavy atom. The molecule has 1 aliphatic heterocycles. The lowest BCUT2D eigenvalue weighted by atomic mass is 9.95. The Labute approximate surface area is 222 Å². The number of likely N-dealkylation sites (tertiary alicyclic amines) is 1. The number of ketones is 1. The standard InChI is InChI=1S/C30H30ClNO5/c1-3-4-5-18-37-25-16-10-22(11-17-25)28(33)26-27(21-8-12-23(31)13-9-21)32(30(35)29(26)34)19-20-6-14-24(36-2)15-7-20/h6-17,27,33H,3-5,18-19H2,1-2H3/b28-26-.